The zero-order valence-electron chi connectivity index (χ0n) is 27.2. The monoisotopic (exact) mass is 678 g/mol. The molecule has 0 unspecified atom stereocenters. The highest BCUT2D eigenvalue weighted by Crippen LogP contribution is 2.59. The molecule has 0 radical (unpaired) electrons. The summed E-state index contributed by atoms with van der Waals surface area (Å²) < 4.78 is 37.0. The first-order valence-electron chi connectivity index (χ1n) is 16.6. The summed E-state index contributed by atoms with van der Waals surface area (Å²) in [5.74, 6) is 2.96. The fraction of sp³-hybridized carbons (Fsp3) is 0.211. The van der Waals surface area contributed by atoms with Gasteiger partial charge in [0, 0.05) is 46.7 Å². The fourth-order valence-corrected chi connectivity index (χ4v) is 9.68. The van der Waals surface area contributed by atoms with Crippen LogP contribution in [0.2, 0.25) is 0 Å². The Hall–Kier alpha value is -4.64. The van der Waals surface area contributed by atoms with Gasteiger partial charge in [0.05, 0.1) is 0 Å². The average molecular weight is 679 g/mol. The van der Waals surface area contributed by atoms with Crippen molar-refractivity contribution in [1.82, 2.24) is 0 Å². The molecule has 2 aliphatic heterocycles. The SMILES string of the molecule is CCCCN=P1(Nc2ccc(NP3(=NCCCC)Oc4ccccc4-c4ccccc4O3)cc2)Oc2ccccc2-c2ccccc2O1. The van der Waals surface area contributed by atoms with Gasteiger partial charge in [-0.25, -0.2) is 9.49 Å². The third-order valence-corrected chi connectivity index (χ3v) is 12.0. The van der Waals surface area contributed by atoms with E-state index in [1.807, 2.05) is 97.1 Å². The summed E-state index contributed by atoms with van der Waals surface area (Å²) in [4.78, 5) is 0. The van der Waals surface area contributed by atoms with Crippen LogP contribution in [0.1, 0.15) is 39.5 Å². The average Bonchev–Trinajstić information content (AvgIpc) is 3.33. The molecular weight excluding hydrogens is 638 g/mol. The van der Waals surface area contributed by atoms with Crippen LogP contribution >= 0.6 is 15.3 Å². The summed E-state index contributed by atoms with van der Waals surface area (Å²) in [6.07, 6.45) is 3.90. The van der Waals surface area contributed by atoms with E-state index in [4.69, 9.17) is 27.6 Å². The second-order valence-electron chi connectivity index (χ2n) is 11.6. The Morgan fingerprint density at radius 3 is 1.02 bits per heavy atom. The molecule has 48 heavy (non-hydrogen) atoms. The summed E-state index contributed by atoms with van der Waals surface area (Å²) in [6, 6.07) is 40.1. The van der Waals surface area contributed by atoms with Gasteiger partial charge in [0.2, 0.25) is 0 Å². The highest BCUT2D eigenvalue weighted by atomic mass is 31.2. The Morgan fingerprint density at radius 1 is 0.438 bits per heavy atom. The molecule has 8 nitrogen and oxygen atoms in total. The minimum Gasteiger partial charge on any atom is -0.414 e. The lowest BCUT2D eigenvalue weighted by molar-refractivity contribution is 0.485. The molecule has 0 amide bonds. The molecule has 246 valence electrons. The van der Waals surface area contributed by atoms with Gasteiger partial charge in [0.15, 0.2) is 0 Å². The Morgan fingerprint density at radius 2 is 0.729 bits per heavy atom. The molecule has 2 N–H and O–H groups in total. The topological polar surface area (TPSA) is 85.7 Å². The van der Waals surface area contributed by atoms with E-state index in [0.717, 1.165) is 82.3 Å². The maximum absolute atomic E-state index is 6.73. The minimum absolute atomic E-state index is 0.616. The molecule has 0 saturated heterocycles. The maximum Gasteiger partial charge on any atom is 0.422 e. The molecule has 0 saturated carbocycles. The molecule has 10 heteroatoms. The number of anilines is 2. The Bertz CT molecular complexity index is 1770. The number of nitrogens with zero attached hydrogens (tertiary/aromatic N) is 2. The summed E-state index contributed by atoms with van der Waals surface area (Å²) in [7, 11) is -6.03. The van der Waals surface area contributed by atoms with E-state index in [1.54, 1.807) is 0 Å². The number of unbranched alkanes of at least 4 members (excludes halogenated alkanes) is 2. The van der Waals surface area contributed by atoms with Gasteiger partial charge in [-0.2, -0.15) is 0 Å². The molecule has 0 aliphatic carbocycles. The summed E-state index contributed by atoms with van der Waals surface area (Å²) >= 11 is 0. The fourth-order valence-electron chi connectivity index (χ4n) is 5.59. The smallest absolute Gasteiger partial charge is 0.414 e. The van der Waals surface area contributed by atoms with Gasteiger partial charge in [-0.1, -0.05) is 99.5 Å². The van der Waals surface area contributed by atoms with Gasteiger partial charge in [-0.15, -0.1) is 0 Å². The lowest BCUT2D eigenvalue weighted by Gasteiger charge is -2.26. The number of nitrogens with one attached hydrogen (secondary N) is 2. The van der Waals surface area contributed by atoms with Crippen molar-refractivity contribution in [2.24, 2.45) is 9.49 Å². The summed E-state index contributed by atoms with van der Waals surface area (Å²) in [5, 5.41) is 7.18. The molecule has 0 fully saturated rings. The summed E-state index contributed by atoms with van der Waals surface area (Å²) in [5.41, 5.74) is 5.56. The van der Waals surface area contributed by atoms with Gasteiger partial charge in [-0.05, 0) is 61.4 Å². The van der Waals surface area contributed by atoms with Crippen LogP contribution in [0.4, 0.5) is 11.4 Å². The van der Waals surface area contributed by atoms with Crippen molar-refractivity contribution < 1.29 is 18.1 Å². The van der Waals surface area contributed by atoms with E-state index in [0.29, 0.717) is 13.1 Å². The quantitative estimate of drug-likeness (QED) is 0.113. The first kappa shape index (κ1) is 31.9. The van der Waals surface area contributed by atoms with E-state index < -0.39 is 15.3 Å². The van der Waals surface area contributed by atoms with Crippen LogP contribution in [0.5, 0.6) is 23.0 Å². The third-order valence-electron chi connectivity index (χ3n) is 8.04. The Balaban J connectivity index is 1.22. The highest BCUT2D eigenvalue weighted by Gasteiger charge is 2.34. The minimum atomic E-state index is -3.02. The lowest BCUT2D eigenvalue weighted by Crippen LogP contribution is -2.11. The molecule has 0 spiro atoms. The van der Waals surface area contributed by atoms with Gasteiger partial charge in [0.1, 0.15) is 23.0 Å². The van der Waals surface area contributed by atoms with Crippen molar-refractivity contribution in [3.63, 3.8) is 0 Å². The third kappa shape index (κ3) is 6.82. The van der Waals surface area contributed by atoms with Crippen molar-refractivity contribution in [2.75, 3.05) is 23.3 Å². The largest absolute Gasteiger partial charge is 0.422 e. The predicted molar refractivity (Wildman–Crippen MR) is 198 cm³/mol. The normalized spacial score (nSPS) is 14.7. The molecule has 7 rings (SSSR count). The van der Waals surface area contributed by atoms with E-state index in [1.165, 1.54) is 0 Å². The van der Waals surface area contributed by atoms with Crippen LogP contribution in [0.25, 0.3) is 22.3 Å². The molecule has 5 aromatic carbocycles. The van der Waals surface area contributed by atoms with Crippen molar-refractivity contribution in [1.29, 1.82) is 0 Å². The Labute approximate surface area is 283 Å². The van der Waals surface area contributed by atoms with Crippen LogP contribution in [-0.2, 0) is 0 Å². The van der Waals surface area contributed by atoms with E-state index >= 15 is 0 Å². The highest BCUT2D eigenvalue weighted by molar-refractivity contribution is 7.59. The first-order chi connectivity index (χ1) is 23.6. The molecule has 0 atom stereocenters. The van der Waals surface area contributed by atoms with Crippen LogP contribution in [-0.4, -0.2) is 13.1 Å². The van der Waals surface area contributed by atoms with Crippen molar-refractivity contribution >= 4 is 26.7 Å². The van der Waals surface area contributed by atoms with E-state index in [2.05, 4.69) is 48.3 Å². The van der Waals surface area contributed by atoms with E-state index in [-0.39, 0.29) is 0 Å². The Kier molecular flexibility index (Phi) is 9.47. The van der Waals surface area contributed by atoms with Crippen molar-refractivity contribution in [3.05, 3.63) is 121 Å². The van der Waals surface area contributed by atoms with E-state index in [9.17, 15) is 0 Å². The standard InChI is InChI=1S/C38H40N4O4P2/c1-3-5-27-39-47(43-35-19-11-7-15-31(35)32-16-8-12-20-36(32)44-47)41-29-23-25-30(26-24-29)42-48(40-28-6-4-2)45-37-21-13-9-17-33(37)34-18-10-14-22-38(34)46-48/h7-26,41-42H,3-6,27-28H2,1-2H3. The van der Waals surface area contributed by atoms with Gasteiger partial charge in [-0.3, -0.25) is 10.2 Å². The molecule has 0 bridgehead atoms. The second kappa shape index (κ2) is 14.2. The van der Waals surface area contributed by atoms with Gasteiger partial charge >= 0.3 is 15.3 Å². The van der Waals surface area contributed by atoms with Crippen LogP contribution in [0.15, 0.2) is 131 Å². The maximum atomic E-state index is 6.73. The van der Waals surface area contributed by atoms with Gasteiger partial charge < -0.3 is 18.1 Å². The number of fused-ring (bicyclic) bond motifs is 6. The zero-order chi connectivity index (χ0) is 32.8. The molecular formula is C38H40N4O4P2. The van der Waals surface area contributed by atoms with Crippen LogP contribution in [0, 0.1) is 0 Å². The zero-order valence-corrected chi connectivity index (χ0v) is 29.0. The predicted octanol–water partition coefficient (Wildman–Crippen LogP) is 12.3. The van der Waals surface area contributed by atoms with Crippen molar-refractivity contribution in [3.8, 4) is 45.3 Å². The first-order valence-corrected chi connectivity index (χ1v) is 19.7. The molecule has 0 aromatic heterocycles. The number of benzene rings is 5. The number of rotatable bonds is 10. The molecule has 2 aliphatic rings. The lowest BCUT2D eigenvalue weighted by atomic mass is 10.0. The van der Waals surface area contributed by atoms with Gasteiger partial charge in [0.25, 0.3) is 0 Å². The number of hydrogen-bond donors (Lipinski definition) is 2. The van der Waals surface area contributed by atoms with Crippen LogP contribution < -0.4 is 28.3 Å². The number of para-hydroxylation sites is 4. The molecule has 2 heterocycles. The number of hydrogen-bond acceptors (Lipinski definition) is 6. The molecule has 5 aromatic rings. The summed E-state index contributed by atoms with van der Waals surface area (Å²) in [6.45, 7) is 5.54. The van der Waals surface area contributed by atoms with Crippen LogP contribution in [0.3, 0.4) is 0 Å². The van der Waals surface area contributed by atoms with Crippen molar-refractivity contribution in [2.45, 2.75) is 39.5 Å². The second-order valence-corrected chi connectivity index (χ2v) is 15.5.